The molecule has 8 heteroatoms. The van der Waals surface area contributed by atoms with Crippen LogP contribution in [0.25, 0.3) is 0 Å². The van der Waals surface area contributed by atoms with Crippen molar-refractivity contribution < 1.29 is 28.6 Å². The number of aromatic carboxylic acids is 1. The third kappa shape index (κ3) is 4.20. The SMILES string of the molecule is Cc1c(N2C(=O)CSC2c2ccc(F)cc2)ccc(C(=O)O)c1C1COC(C)(C)OC1. The highest BCUT2D eigenvalue weighted by Crippen LogP contribution is 2.45. The number of carbonyl (C=O) groups is 2. The molecule has 4 rings (SSSR count). The monoisotopic (exact) mass is 445 g/mol. The van der Waals surface area contributed by atoms with Gasteiger partial charge in [0.25, 0.3) is 0 Å². The van der Waals surface area contributed by atoms with E-state index < -0.39 is 11.8 Å². The van der Waals surface area contributed by atoms with Crippen LogP contribution in [0.3, 0.4) is 0 Å². The maximum Gasteiger partial charge on any atom is 0.335 e. The van der Waals surface area contributed by atoms with Crippen LogP contribution >= 0.6 is 11.8 Å². The lowest BCUT2D eigenvalue weighted by Gasteiger charge is -2.37. The molecule has 0 saturated carbocycles. The fraction of sp³-hybridized carbons (Fsp3) is 0.391. The number of amides is 1. The first-order chi connectivity index (χ1) is 14.7. The topological polar surface area (TPSA) is 76.1 Å². The third-order valence-electron chi connectivity index (χ3n) is 5.67. The molecule has 2 aromatic carbocycles. The number of carboxylic acids is 1. The molecule has 0 aliphatic carbocycles. The highest BCUT2D eigenvalue weighted by Gasteiger charge is 2.38. The molecule has 2 aliphatic heterocycles. The number of ether oxygens (including phenoxy) is 2. The normalized spacial score (nSPS) is 21.5. The number of anilines is 1. The summed E-state index contributed by atoms with van der Waals surface area (Å²) in [7, 11) is 0. The Morgan fingerprint density at radius 1 is 1.16 bits per heavy atom. The van der Waals surface area contributed by atoms with Gasteiger partial charge in [-0.3, -0.25) is 9.69 Å². The van der Waals surface area contributed by atoms with Crippen molar-refractivity contribution in [3.8, 4) is 0 Å². The minimum Gasteiger partial charge on any atom is -0.478 e. The zero-order chi connectivity index (χ0) is 22.3. The molecule has 2 aromatic rings. The minimum absolute atomic E-state index is 0.0753. The summed E-state index contributed by atoms with van der Waals surface area (Å²) in [5, 5.41) is 9.47. The average Bonchev–Trinajstić information content (AvgIpc) is 3.10. The summed E-state index contributed by atoms with van der Waals surface area (Å²) < 4.78 is 25.0. The van der Waals surface area contributed by atoms with Gasteiger partial charge in [0.15, 0.2) is 5.79 Å². The standard InChI is InChI=1S/C23H24FNO5S/c1-13-18(25-19(26)12-31-21(25)14-4-6-16(24)7-5-14)9-8-17(22(27)28)20(13)15-10-29-23(2,3)30-11-15/h4-9,15,21H,10-12H2,1-3H3,(H,27,28). The van der Waals surface area contributed by atoms with Gasteiger partial charge in [-0.05, 0) is 61.7 Å². The van der Waals surface area contributed by atoms with E-state index in [4.69, 9.17) is 9.47 Å². The number of carbonyl (C=O) groups excluding carboxylic acids is 1. The Balaban J connectivity index is 1.77. The Hall–Kier alpha value is -2.42. The Bertz CT molecular complexity index is 1010. The molecule has 0 aromatic heterocycles. The van der Waals surface area contributed by atoms with Crippen molar-refractivity contribution in [3.05, 3.63) is 64.5 Å². The number of thioether (sulfide) groups is 1. The molecule has 0 radical (unpaired) electrons. The first-order valence-electron chi connectivity index (χ1n) is 10.0. The van der Waals surface area contributed by atoms with Crippen LogP contribution in [0, 0.1) is 12.7 Å². The van der Waals surface area contributed by atoms with Gasteiger partial charge in [-0.1, -0.05) is 12.1 Å². The zero-order valence-corrected chi connectivity index (χ0v) is 18.4. The molecule has 2 saturated heterocycles. The summed E-state index contributed by atoms with van der Waals surface area (Å²) in [6.45, 7) is 6.11. The van der Waals surface area contributed by atoms with Gasteiger partial charge in [0.1, 0.15) is 11.2 Å². The molecule has 164 valence electrons. The first-order valence-corrected chi connectivity index (χ1v) is 11.1. The third-order valence-corrected chi connectivity index (χ3v) is 6.88. The summed E-state index contributed by atoms with van der Waals surface area (Å²) in [4.78, 5) is 26.5. The molecule has 1 N–H and O–H groups in total. The van der Waals surface area contributed by atoms with Gasteiger partial charge < -0.3 is 14.6 Å². The molecule has 1 unspecified atom stereocenters. The number of carboxylic acid groups (broad SMARTS) is 1. The number of benzene rings is 2. The molecule has 0 spiro atoms. The predicted octanol–water partition coefficient (Wildman–Crippen LogP) is 4.48. The molecule has 2 heterocycles. The molecule has 1 atom stereocenters. The van der Waals surface area contributed by atoms with Gasteiger partial charge >= 0.3 is 5.97 Å². The van der Waals surface area contributed by atoms with Crippen molar-refractivity contribution in [1.82, 2.24) is 0 Å². The maximum atomic E-state index is 13.4. The Labute approximate surface area is 184 Å². The maximum absolute atomic E-state index is 13.4. The number of nitrogens with zero attached hydrogens (tertiary/aromatic N) is 1. The van der Waals surface area contributed by atoms with E-state index in [-0.39, 0.29) is 28.6 Å². The van der Waals surface area contributed by atoms with Gasteiger partial charge in [-0.2, -0.15) is 0 Å². The van der Waals surface area contributed by atoms with Gasteiger partial charge in [-0.25, -0.2) is 9.18 Å². The molecule has 2 fully saturated rings. The van der Waals surface area contributed by atoms with Crippen molar-refractivity contribution in [2.75, 3.05) is 23.9 Å². The summed E-state index contributed by atoms with van der Waals surface area (Å²) in [6, 6.07) is 9.31. The van der Waals surface area contributed by atoms with Gasteiger partial charge in [0.2, 0.25) is 5.91 Å². The van der Waals surface area contributed by atoms with Crippen molar-refractivity contribution in [3.63, 3.8) is 0 Å². The first kappa shape index (κ1) is 21.8. The molecular formula is C23H24FNO5S. The molecular weight excluding hydrogens is 421 g/mol. The lowest BCUT2D eigenvalue weighted by Crippen LogP contribution is -2.39. The van der Waals surface area contributed by atoms with Crippen LogP contribution in [0.2, 0.25) is 0 Å². The molecule has 0 bridgehead atoms. The van der Waals surface area contributed by atoms with E-state index >= 15 is 0 Å². The van der Waals surface area contributed by atoms with Crippen LogP contribution in [0.5, 0.6) is 0 Å². The Morgan fingerprint density at radius 2 is 1.81 bits per heavy atom. The van der Waals surface area contributed by atoms with E-state index in [9.17, 15) is 19.1 Å². The van der Waals surface area contributed by atoms with E-state index in [2.05, 4.69) is 0 Å². The van der Waals surface area contributed by atoms with Crippen LogP contribution in [0.15, 0.2) is 36.4 Å². The van der Waals surface area contributed by atoms with Crippen LogP contribution in [0.4, 0.5) is 10.1 Å². The highest BCUT2D eigenvalue weighted by molar-refractivity contribution is 8.00. The van der Waals surface area contributed by atoms with E-state index in [0.29, 0.717) is 35.8 Å². The lowest BCUT2D eigenvalue weighted by molar-refractivity contribution is -0.251. The van der Waals surface area contributed by atoms with Crippen molar-refractivity contribution >= 4 is 29.3 Å². The second-order valence-electron chi connectivity index (χ2n) is 8.17. The fourth-order valence-corrected chi connectivity index (χ4v) is 5.28. The molecule has 6 nitrogen and oxygen atoms in total. The smallest absolute Gasteiger partial charge is 0.335 e. The van der Waals surface area contributed by atoms with Gasteiger partial charge in [-0.15, -0.1) is 11.8 Å². The summed E-state index contributed by atoms with van der Waals surface area (Å²) in [5.74, 6) is -2.15. The van der Waals surface area contributed by atoms with E-state index in [1.54, 1.807) is 23.1 Å². The quantitative estimate of drug-likeness (QED) is 0.748. The van der Waals surface area contributed by atoms with E-state index in [0.717, 1.165) is 5.56 Å². The number of hydrogen-bond acceptors (Lipinski definition) is 5. The average molecular weight is 446 g/mol. The minimum atomic E-state index is -1.04. The number of hydrogen-bond donors (Lipinski definition) is 1. The van der Waals surface area contributed by atoms with Crippen LogP contribution in [-0.2, 0) is 14.3 Å². The second-order valence-corrected chi connectivity index (χ2v) is 9.24. The van der Waals surface area contributed by atoms with E-state index in [1.165, 1.54) is 30.0 Å². The molecule has 31 heavy (non-hydrogen) atoms. The van der Waals surface area contributed by atoms with Crippen LogP contribution in [-0.4, -0.2) is 41.7 Å². The van der Waals surface area contributed by atoms with Crippen molar-refractivity contribution in [2.24, 2.45) is 0 Å². The lowest BCUT2D eigenvalue weighted by atomic mass is 9.89. The second kappa shape index (κ2) is 8.26. The Morgan fingerprint density at radius 3 is 2.42 bits per heavy atom. The number of rotatable bonds is 4. The molecule has 2 aliphatic rings. The van der Waals surface area contributed by atoms with Crippen molar-refractivity contribution in [1.29, 1.82) is 0 Å². The fourth-order valence-electron chi connectivity index (χ4n) is 4.11. The van der Waals surface area contributed by atoms with Gasteiger partial charge in [0, 0.05) is 11.6 Å². The van der Waals surface area contributed by atoms with Crippen LogP contribution in [0.1, 0.15) is 52.2 Å². The summed E-state index contributed by atoms with van der Waals surface area (Å²) in [5.41, 5.74) is 2.96. The number of halogens is 1. The van der Waals surface area contributed by atoms with E-state index in [1.807, 2.05) is 20.8 Å². The van der Waals surface area contributed by atoms with Crippen molar-refractivity contribution in [2.45, 2.75) is 37.9 Å². The largest absolute Gasteiger partial charge is 0.478 e. The van der Waals surface area contributed by atoms with Crippen LogP contribution < -0.4 is 4.90 Å². The summed E-state index contributed by atoms with van der Waals surface area (Å²) in [6.07, 6.45) is 0. The predicted molar refractivity (Wildman–Crippen MR) is 116 cm³/mol. The molecule has 1 amide bonds. The summed E-state index contributed by atoms with van der Waals surface area (Å²) >= 11 is 1.46. The highest BCUT2D eigenvalue weighted by atomic mass is 32.2. The Kier molecular flexibility index (Phi) is 5.81. The zero-order valence-electron chi connectivity index (χ0n) is 17.6. The van der Waals surface area contributed by atoms with Gasteiger partial charge in [0.05, 0.1) is 24.5 Å².